The number of rotatable bonds is 7. The Kier molecular flexibility index (Phi) is 5.59. The lowest BCUT2D eigenvalue weighted by atomic mass is 10.3. The smallest absolute Gasteiger partial charge is 0.244 e. The zero-order chi connectivity index (χ0) is 14.5. The third-order valence-corrected chi connectivity index (χ3v) is 3.89. The zero-order valence-electron chi connectivity index (χ0n) is 11.5. The van der Waals surface area contributed by atoms with E-state index in [2.05, 4.69) is 4.72 Å². The SMILES string of the molecule is CCOc1ccc(N)cc1S(=O)(=O)NCCN(C)C. The number of hydrogen-bond donors (Lipinski definition) is 2. The summed E-state index contributed by atoms with van der Waals surface area (Å²) in [6.07, 6.45) is 0. The van der Waals surface area contributed by atoms with Crippen LogP contribution >= 0.6 is 0 Å². The van der Waals surface area contributed by atoms with Crippen molar-refractivity contribution < 1.29 is 13.2 Å². The molecule has 0 aromatic heterocycles. The number of hydrogen-bond acceptors (Lipinski definition) is 5. The van der Waals surface area contributed by atoms with E-state index in [4.69, 9.17) is 10.5 Å². The summed E-state index contributed by atoms with van der Waals surface area (Å²) in [5.41, 5.74) is 6.03. The molecule has 0 amide bonds. The first kappa shape index (κ1) is 15.7. The maximum atomic E-state index is 12.2. The molecule has 0 saturated heterocycles. The summed E-state index contributed by atoms with van der Waals surface area (Å²) in [7, 11) is 0.138. The molecule has 0 heterocycles. The molecule has 0 atom stereocenters. The quantitative estimate of drug-likeness (QED) is 0.714. The molecule has 3 N–H and O–H groups in total. The van der Waals surface area contributed by atoms with Gasteiger partial charge in [-0.1, -0.05) is 0 Å². The number of likely N-dealkylation sites (N-methyl/N-ethyl adjacent to an activating group) is 1. The first-order valence-electron chi connectivity index (χ1n) is 6.03. The summed E-state index contributed by atoms with van der Waals surface area (Å²) in [6.45, 7) is 3.14. The van der Waals surface area contributed by atoms with Crippen LogP contribution in [-0.2, 0) is 10.0 Å². The van der Waals surface area contributed by atoms with E-state index in [9.17, 15) is 8.42 Å². The molecule has 0 spiro atoms. The average molecular weight is 287 g/mol. The Morgan fingerprint density at radius 1 is 1.37 bits per heavy atom. The maximum Gasteiger partial charge on any atom is 0.244 e. The highest BCUT2D eigenvalue weighted by Crippen LogP contribution is 2.25. The lowest BCUT2D eigenvalue weighted by molar-refractivity contribution is 0.331. The van der Waals surface area contributed by atoms with Crippen LogP contribution in [0.15, 0.2) is 23.1 Å². The minimum absolute atomic E-state index is 0.0770. The zero-order valence-corrected chi connectivity index (χ0v) is 12.3. The van der Waals surface area contributed by atoms with Crippen LogP contribution in [0.1, 0.15) is 6.92 Å². The first-order chi connectivity index (χ1) is 8.86. The van der Waals surface area contributed by atoms with Crippen molar-refractivity contribution in [2.24, 2.45) is 0 Å². The van der Waals surface area contributed by atoms with Crippen LogP contribution < -0.4 is 15.2 Å². The van der Waals surface area contributed by atoms with Crippen molar-refractivity contribution in [3.05, 3.63) is 18.2 Å². The van der Waals surface area contributed by atoms with Crippen molar-refractivity contribution in [3.63, 3.8) is 0 Å². The monoisotopic (exact) mass is 287 g/mol. The van der Waals surface area contributed by atoms with Gasteiger partial charge < -0.3 is 15.4 Å². The molecule has 0 radical (unpaired) electrons. The molecule has 0 bridgehead atoms. The Morgan fingerprint density at radius 2 is 2.05 bits per heavy atom. The Morgan fingerprint density at radius 3 is 2.63 bits per heavy atom. The van der Waals surface area contributed by atoms with Crippen LogP contribution in [0.5, 0.6) is 5.75 Å². The first-order valence-corrected chi connectivity index (χ1v) is 7.52. The van der Waals surface area contributed by atoms with E-state index in [0.717, 1.165) is 0 Å². The summed E-state index contributed by atoms with van der Waals surface area (Å²) >= 11 is 0. The van der Waals surface area contributed by atoms with Gasteiger partial charge in [0.25, 0.3) is 0 Å². The number of ether oxygens (including phenoxy) is 1. The number of nitrogens with two attached hydrogens (primary N) is 1. The van der Waals surface area contributed by atoms with Crippen LogP contribution in [0.25, 0.3) is 0 Å². The van der Waals surface area contributed by atoms with Gasteiger partial charge in [0, 0.05) is 18.8 Å². The number of nitrogen functional groups attached to an aromatic ring is 1. The van der Waals surface area contributed by atoms with Crippen molar-refractivity contribution in [2.75, 3.05) is 39.5 Å². The fourth-order valence-electron chi connectivity index (χ4n) is 1.49. The van der Waals surface area contributed by atoms with Crippen LogP contribution in [-0.4, -0.2) is 47.1 Å². The number of nitrogens with one attached hydrogen (secondary N) is 1. The predicted octanol–water partition coefficient (Wildman–Crippen LogP) is 0.507. The molecule has 1 rings (SSSR count). The van der Waals surface area contributed by atoms with E-state index >= 15 is 0 Å². The third-order valence-electron chi connectivity index (χ3n) is 2.41. The van der Waals surface area contributed by atoms with Crippen molar-refractivity contribution in [2.45, 2.75) is 11.8 Å². The second-order valence-electron chi connectivity index (χ2n) is 4.34. The van der Waals surface area contributed by atoms with Crippen LogP contribution in [0.4, 0.5) is 5.69 Å². The average Bonchev–Trinajstić information content (AvgIpc) is 2.31. The lowest BCUT2D eigenvalue weighted by Gasteiger charge is -2.14. The largest absolute Gasteiger partial charge is 0.492 e. The maximum absolute atomic E-state index is 12.2. The van der Waals surface area contributed by atoms with Gasteiger partial charge in [-0.3, -0.25) is 0 Å². The van der Waals surface area contributed by atoms with Gasteiger partial charge in [0.15, 0.2) is 0 Å². The second kappa shape index (κ2) is 6.74. The summed E-state index contributed by atoms with van der Waals surface area (Å²) in [6, 6.07) is 4.59. The van der Waals surface area contributed by atoms with Gasteiger partial charge in [0.1, 0.15) is 10.6 Å². The van der Waals surface area contributed by atoms with Crippen molar-refractivity contribution in [3.8, 4) is 5.75 Å². The highest BCUT2D eigenvalue weighted by molar-refractivity contribution is 7.89. The van der Waals surface area contributed by atoms with Crippen LogP contribution in [0.2, 0.25) is 0 Å². The summed E-state index contributed by atoms with van der Waals surface area (Å²) in [5.74, 6) is 0.314. The predicted molar refractivity (Wildman–Crippen MR) is 75.8 cm³/mol. The number of benzene rings is 1. The van der Waals surface area contributed by atoms with E-state index in [-0.39, 0.29) is 4.90 Å². The molecule has 0 aliphatic heterocycles. The topological polar surface area (TPSA) is 84.7 Å². The number of sulfonamides is 1. The third kappa shape index (κ3) is 4.70. The molecule has 19 heavy (non-hydrogen) atoms. The van der Waals surface area contributed by atoms with Gasteiger partial charge in [-0.25, -0.2) is 13.1 Å². The molecule has 0 saturated carbocycles. The lowest BCUT2D eigenvalue weighted by Crippen LogP contribution is -2.31. The van der Waals surface area contributed by atoms with Crippen LogP contribution in [0.3, 0.4) is 0 Å². The molecular weight excluding hydrogens is 266 g/mol. The summed E-state index contributed by atoms with van der Waals surface area (Å²) < 4.78 is 32.2. The van der Waals surface area contributed by atoms with Crippen molar-refractivity contribution >= 4 is 15.7 Å². The van der Waals surface area contributed by atoms with Gasteiger partial charge >= 0.3 is 0 Å². The molecular formula is C12H21N3O3S. The summed E-state index contributed by atoms with van der Waals surface area (Å²) in [5, 5.41) is 0. The summed E-state index contributed by atoms with van der Waals surface area (Å²) in [4.78, 5) is 1.97. The molecule has 1 aromatic rings. The fraction of sp³-hybridized carbons (Fsp3) is 0.500. The van der Waals surface area contributed by atoms with E-state index in [0.29, 0.717) is 31.1 Å². The molecule has 108 valence electrons. The van der Waals surface area contributed by atoms with Crippen molar-refractivity contribution in [1.82, 2.24) is 9.62 Å². The molecule has 6 nitrogen and oxygen atoms in total. The van der Waals surface area contributed by atoms with Crippen LogP contribution in [0, 0.1) is 0 Å². The Bertz CT molecular complexity index is 515. The highest BCUT2D eigenvalue weighted by atomic mass is 32.2. The molecule has 7 heteroatoms. The second-order valence-corrected chi connectivity index (χ2v) is 6.08. The fourth-order valence-corrected chi connectivity index (χ4v) is 2.69. The van der Waals surface area contributed by atoms with Gasteiger partial charge in [0.05, 0.1) is 6.61 Å². The normalized spacial score (nSPS) is 11.8. The molecule has 1 aromatic carbocycles. The van der Waals surface area contributed by atoms with E-state index < -0.39 is 10.0 Å². The van der Waals surface area contributed by atoms with E-state index in [1.165, 1.54) is 6.07 Å². The molecule has 0 aliphatic carbocycles. The van der Waals surface area contributed by atoms with Gasteiger partial charge in [-0.2, -0.15) is 0 Å². The molecule has 0 unspecified atom stereocenters. The minimum Gasteiger partial charge on any atom is -0.492 e. The van der Waals surface area contributed by atoms with E-state index in [1.54, 1.807) is 19.1 Å². The van der Waals surface area contributed by atoms with Gasteiger partial charge in [0.2, 0.25) is 10.0 Å². The minimum atomic E-state index is -3.61. The Hall–Kier alpha value is -1.31. The Labute approximate surface area is 114 Å². The number of anilines is 1. The van der Waals surface area contributed by atoms with Gasteiger partial charge in [-0.05, 0) is 39.2 Å². The molecule has 0 fully saturated rings. The highest BCUT2D eigenvalue weighted by Gasteiger charge is 2.19. The van der Waals surface area contributed by atoms with E-state index in [1.807, 2.05) is 19.0 Å². The van der Waals surface area contributed by atoms with Gasteiger partial charge in [-0.15, -0.1) is 0 Å². The standard InChI is InChI=1S/C12H21N3O3S/c1-4-18-11-6-5-10(13)9-12(11)19(16,17)14-7-8-15(2)3/h5-6,9,14H,4,7-8,13H2,1-3H3. The molecule has 0 aliphatic rings. The Balaban J connectivity index is 2.95. The number of nitrogens with zero attached hydrogens (tertiary/aromatic N) is 1. The van der Waals surface area contributed by atoms with Crippen molar-refractivity contribution in [1.29, 1.82) is 0 Å².